The van der Waals surface area contributed by atoms with Crippen molar-refractivity contribution in [3.8, 4) is 0 Å². The van der Waals surface area contributed by atoms with E-state index in [4.69, 9.17) is 21.2 Å². The summed E-state index contributed by atoms with van der Waals surface area (Å²) < 4.78 is 5.01. The Kier molecular flexibility index (Phi) is 6.26. The Labute approximate surface area is 158 Å². The van der Waals surface area contributed by atoms with Gasteiger partial charge < -0.3 is 14.5 Å². The number of halogens is 1. The van der Waals surface area contributed by atoms with E-state index >= 15 is 0 Å². The minimum absolute atomic E-state index is 0.0395. The fraction of sp³-hybridized carbons (Fsp3) is 0.300. The molecule has 0 unspecified atom stereocenters. The summed E-state index contributed by atoms with van der Waals surface area (Å²) in [5, 5.41) is 4.82. The summed E-state index contributed by atoms with van der Waals surface area (Å²) in [7, 11) is 1.52. The molecule has 5 nitrogen and oxygen atoms in total. The average molecular weight is 373 g/mol. The number of methoxy groups -OCH3 is 1. The first kappa shape index (κ1) is 18.4. The molecule has 0 radical (unpaired) electrons. The molecule has 0 saturated carbocycles. The van der Waals surface area contributed by atoms with Crippen LogP contribution in [-0.4, -0.2) is 42.9 Å². The van der Waals surface area contributed by atoms with Crippen molar-refractivity contribution in [2.24, 2.45) is 5.16 Å². The molecule has 6 heteroatoms. The lowest BCUT2D eigenvalue weighted by molar-refractivity contribution is -0.137. The number of oxime groups is 1. The van der Waals surface area contributed by atoms with Gasteiger partial charge in [-0.05, 0) is 11.6 Å². The Morgan fingerprint density at radius 2 is 1.96 bits per heavy atom. The molecule has 0 aliphatic carbocycles. The first-order chi connectivity index (χ1) is 12.7. The van der Waals surface area contributed by atoms with E-state index in [0.29, 0.717) is 24.5 Å². The Morgan fingerprint density at radius 1 is 1.23 bits per heavy atom. The van der Waals surface area contributed by atoms with Gasteiger partial charge in [0.05, 0.1) is 12.3 Å². The molecule has 136 valence electrons. The van der Waals surface area contributed by atoms with Crippen LogP contribution in [0.4, 0.5) is 0 Å². The van der Waals surface area contributed by atoms with Crippen molar-refractivity contribution in [2.75, 3.05) is 20.3 Å². The zero-order chi connectivity index (χ0) is 18.4. The van der Waals surface area contributed by atoms with Gasteiger partial charge in [-0.2, -0.15) is 0 Å². The standard InChI is InChI=1S/C20H21ClN2O3/c1-25-14-20(24)23(12-15-7-3-2-4-8-15)13-16-11-19(22-26-16)17-9-5-6-10-18(17)21/h2-10,16H,11-14H2,1H3/t16-/m0/s1. The second-order valence-electron chi connectivity index (χ2n) is 6.14. The van der Waals surface area contributed by atoms with Crippen molar-refractivity contribution in [1.29, 1.82) is 0 Å². The Morgan fingerprint density at radius 3 is 2.69 bits per heavy atom. The van der Waals surface area contributed by atoms with Gasteiger partial charge in [-0.1, -0.05) is 65.3 Å². The van der Waals surface area contributed by atoms with Gasteiger partial charge in [0.2, 0.25) is 5.91 Å². The monoisotopic (exact) mass is 372 g/mol. The lowest BCUT2D eigenvalue weighted by Gasteiger charge is -2.24. The molecule has 1 aliphatic heterocycles. The summed E-state index contributed by atoms with van der Waals surface area (Å²) in [6.07, 6.45) is 0.403. The second-order valence-corrected chi connectivity index (χ2v) is 6.55. The van der Waals surface area contributed by atoms with Gasteiger partial charge in [-0.25, -0.2) is 0 Å². The van der Waals surface area contributed by atoms with Crippen molar-refractivity contribution in [3.05, 3.63) is 70.7 Å². The predicted molar refractivity (Wildman–Crippen MR) is 101 cm³/mol. The molecular weight excluding hydrogens is 352 g/mol. The molecule has 0 fully saturated rings. The first-order valence-corrected chi connectivity index (χ1v) is 8.83. The van der Waals surface area contributed by atoms with Crippen LogP contribution in [0.1, 0.15) is 17.5 Å². The van der Waals surface area contributed by atoms with Gasteiger partial charge in [0, 0.05) is 30.7 Å². The summed E-state index contributed by atoms with van der Waals surface area (Å²) in [5.74, 6) is -0.0776. The normalized spacial score (nSPS) is 16.1. The number of rotatable bonds is 7. The molecule has 0 saturated heterocycles. The summed E-state index contributed by atoms with van der Waals surface area (Å²) in [6, 6.07) is 17.4. The first-order valence-electron chi connectivity index (χ1n) is 8.45. The number of hydrogen-bond donors (Lipinski definition) is 0. The van der Waals surface area contributed by atoms with Gasteiger partial charge >= 0.3 is 0 Å². The SMILES string of the molecule is COCC(=O)N(Cc1ccccc1)C[C@@H]1CC(c2ccccc2Cl)=NO1. The summed E-state index contributed by atoms with van der Waals surface area (Å²) >= 11 is 6.24. The molecular formula is C20H21ClN2O3. The maximum absolute atomic E-state index is 12.4. The highest BCUT2D eigenvalue weighted by Crippen LogP contribution is 2.23. The van der Waals surface area contributed by atoms with E-state index in [1.165, 1.54) is 7.11 Å². The molecule has 0 bridgehead atoms. The van der Waals surface area contributed by atoms with Gasteiger partial charge in [0.25, 0.3) is 0 Å². The van der Waals surface area contributed by atoms with Crippen molar-refractivity contribution in [2.45, 2.75) is 19.1 Å². The Bertz CT molecular complexity index is 780. The molecule has 26 heavy (non-hydrogen) atoms. The average Bonchev–Trinajstić information content (AvgIpc) is 3.11. The molecule has 1 amide bonds. The van der Waals surface area contributed by atoms with E-state index in [1.54, 1.807) is 4.90 Å². The summed E-state index contributed by atoms with van der Waals surface area (Å²) in [5.41, 5.74) is 2.73. The van der Waals surface area contributed by atoms with Crippen LogP contribution in [0.3, 0.4) is 0 Å². The third-order valence-electron chi connectivity index (χ3n) is 4.18. The third kappa shape index (κ3) is 4.62. The van der Waals surface area contributed by atoms with Gasteiger partial charge in [0.15, 0.2) is 6.10 Å². The van der Waals surface area contributed by atoms with Crippen LogP contribution in [0.25, 0.3) is 0 Å². The molecule has 2 aromatic carbocycles. The molecule has 1 atom stereocenters. The van der Waals surface area contributed by atoms with Crippen LogP contribution in [0.15, 0.2) is 59.8 Å². The van der Waals surface area contributed by atoms with Crippen LogP contribution in [0, 0.1) is 0 Å². The van der Waals surface area contributed by atoms with Gasteiger partial charge in [-0.15, -0.1) is 0 Å². The van der Waals surface area contributed by atoms with Crippen molar-refractivity contribution in [1.82, 2.24) is 4.90 Å². The lowest BCUT2D eigenvalue weighted by atomic mass is 10.0. The molecule has 2 aromatic rings. The van der Waals surface area contributed by atoms with Crippen LogP contribution >= 0.6 is 11.6 Å². The Hall–Kier alpha value is -2.37. The van der Waals surface area contributed by atoms with Crippen molar-refractivity contribution >= 4 is 23.2 Å². The van der Waals surface area contributed by atoms with Crippen LogP contribution < -0.4 is 0 Å². The number of hydrogen-bond acceptors (Lipinski definition) is 4. The maximum Gasteiger partial charge on any atom is 0.248 e. The molecule has 0 N–H and O–H groups in total. The number of carbonyl (C=O) groups is 1. The van der Waals surface area contributed by atoms with Crippen molar-refractivity contribution in [3.63, 3.8) is 0 Å². The molecule has 0 aromatic heterocycles. The fourth-order valence-electron chi connectivity index (χ4n) is 2.90. The topological polar surface area (TPSA) is 51.1 Å². The number of ether oxygens (including phenoxy) is 1. The van der Waals surface area contributed by atoms with E-state index < -0.39 is 0 Å². The van der Waals surface area contributed by atoms with Crippen LogP contribution in [-0.2, 0) is 20.9 Å². The number of carbonyl (C=O) groups excluding carboxylic acids is 1. The Balaban J connectivity index is 1.66. The van der Waals surface area contributed by atoms with E-state index in [9.17, 15) is 4.79 Å². The largest absolute Gasteiger partial charge is 0.390 e. The van der Waals surface area contributed by atoms with Crippen molar-refractivity contribution < 1.29 is 14.4 Å². The zero-order valence-electron chi connectivity index (χ0n) is 14.6. The summed E-state index contributed by atoms with van der Waals surface area (Å²) in [6.45, 7) is 0.983. The van der Waals surface area contributed by atoms with E-state index in [0.717, 1.165) is 16.8 Å². The summed E-state index contributed by atoms with van der Waals surface area (Å²) in [4.78, 5) is 19.7. The number of nitrogens with zero attached hydrogens (tertiary/aromatic N) is 2. The van der Waals surface area contributed by atoms with Gasteiger partial charge in [0.1, 0.15) is 6.61 Å². The second kappa shape index (κ2) is 8.83. The number of amides is 1. The van der Waals surface area contributed by atoms with E-state index in [-0.39, 0.29) is 18.6 Å². The van der Waals surface area contributed by atoms with Gasteiger partial charge in [-0.3, -0.25) is 4.79 Å². The molecule has 0 spiro atoms. The highest BCUT2D eigenvalue weighted by atomic mass is 35.5. The minimum atomic E-state index is -0.203. The van der Waals surface area contributed by atoms with Crippen LogP contribution in [0.2, 0.25) is 5.02 Å². The third-order valence-corrected chi connectivity index (χ3v) is 4.51. The molecule has 1 aliphatic rings. The van der Waals surface area contributed by atoms with E-state index in [1.807, 2.05) is 54.6 Å². The lowest BCUT2D eigenvalue weighted by Crippen LogP contribution is -2.39. The van der Waals surface area contributed by atoms with E-state index in [2.05, 4.69) is 5.16 Å². The molecule has 3 rings (SSSR count). The predicted octanol–water partition coefficient (Wildman–Crippen LogP) is 3.51. The quantitative estimate of drug-likeness (QED) is 0.747. The molecule has 1 heterocycles. The fourth-order valence-corrected chi connectivity index (χ4v) is 3.14. The highest BCUT2D eigenvalue weighted by molar-refractivity contribution is 6.34. The maximum atomic E-state index is 12.4. The number of benzene rings is 2. The highest BCUT2D eigenvalue weighted by Gasteiger charge is 2.27. The zero-order valence-corrected chi connectivity index (χ0v) is 15.4. The smallest absolute Gasteiger partial charge is 0.248 e. The van der Waals surface area contributed by atoms with Crippen LogP contribution in [0.5, 0.6) is 0 Å². The minimum Gasteiger partial charge on any atom is -0.390 e.